The van der Waals surface area contributed by atoms with Gasteiger partial charge in [-0.1, -0.05) is 0 Å². The van der Waals surface area contributed by atoms with Crippen LogP contribution in [0.4, 0.5) is 11.5 Å². The summed E-state index contributed by atoms with van der Waals surface area (Å²) in [6, 6.07) is 4.57. The van der Waals surface area contributed by atoms with E-state index in [4.69, 9.17) is 15.6 Å². The van der Waals surface area contributed by atoms with Crippen LogP contribution in [0.5, 0.6) is 0 Å². The Morgan fingerprint density at radius 3 is 2.31 bits per heavy atom. The first-order chi connectivity index (χ1) is 25.6. The summed E-state index contributed by atoms with van der Waals surface area (Å²) < 4.78 is 4.98. The smallest absolute Gasteiger partial charge is 0.327 e. The highest BCUT2D eigenvalue weighted by atomic mass is 32.1. The molecule has 1 aliphatic heterocycles. The van der Waals surface area contributed by atoms with Crippen LogP contribution in [0.2, 0.25) is 0 Å². The van der Waals surface area contributed by atoms with Crippen LogP contribution < -0.4 is 32.6 Å². The lowest BCUT2D eigenvalue weighted by atomic mass is 9.83. The number of rotatable bonds is 17. The number of thiol groups is 1. The summed E-state index contributed by atoms with van der Waals surface area (Å²) in [5, 5.41) is 59.7. The van der Waals surface area contributed by atoms with E-state index in [2.05, 4.69) is 48.8 Å². The summed E-state index contributed by atoms with van der Waals surface area (Å²) in [5.74, 6) is -7.81. The molecule has 0 radical (unpaired) electrons. The number of benzene rings is 1. The maximum atomic E-state index is 12.9. The number of anilines is 2. The first-order valence-electron chi connectivity index (χ1n) is 16.2. The zero-order valence-electron chi connectivity index (χ0n) is 28.2. The van der Waals surface area contributed by atoms with Gasteiger partial charge >= 0.3 is 11.9 Å². The standard InChI is InChI=1S/C32H38N8O13S/c33-21-8-19-23(28(46)40-21)37-15(10-35-19)9-34-14-3-1-13(2-4-14)27(45)39-18(30(48)49)6-5-16(41)7-17-24(43)26(53-32(52)25(17)44)29(47)36-11-22(42)38-20(12-54)31(50)51/h1-4,8,10,17-18,20,24-26,32,34,43-44,52,54H,5-7,9,11-12H2,(H,36,47)(H,38,42)(H,39,45)(H,48,49)(H,50,51)(H3,33,40,46)/t17-,18-,20-,24-,25?,26?,32?/m0/s1. The van der Waals surface area contributed by atoms with Crippen molar-refractivity contribution in [2.75, 3.05) is 23.3 Å². The van der Waals surface area contributed by atoms with Crippen molar-refractivity contribution in [1.82, 2.24) is 30.9 Å². The van der Waals surface area contributed by atoms with Gasteiger partial charge < -0.3 is 62.3 Å². The van der Waals surface area contributed by atoms with Crippen LogP contribution in [0.1, 0.15) is 35.3 Å². The molecule has 1 aromatic carbocycles. The average molecular weight is 775 g/mol. The number of carbonyl (C=O) groups excluding carboxylic acids is 4. The van der Waals surface area contributed by atoms with Crippen LogP contribution in [0.25, 0.3) is 11.0 Å². The van der Waals surface area contributed by atoms with Gasteiger partial charge in [-0.2, -0.15) is 12.6 Å². The number of hydrogen-bond acceptors (Lipinski definition) is 16. The van der Waals surface area contributed by atoms with Crippen molar-refractivity contribution in [2.24, 2.45) is 5.92 Å². The Morgan fingerprint density at radius 1 is 0.981 bits per heavy atom. The molecule has 0 aliphatic carbocycles. The molecule has 12 N–H and O–H groups in total. The fraction of sp³-hybridized carbons (Fsp3) is 0.406. The quantitative estimate of drug-likeness (QED) is 0.0612. The van der Waals surface area contributed by atoms with Crippen molar-refractivity contribution in [1.29, 1.82) is 0 Å². The molecule has 3 amide bonds. The number of carbonyl (C=O) groups is 6. The number of aromatic amines is 1. The lowest BCUT2D eigenvalue weighted by Gasteiger charge is -2.40. The molecule has 0 bridgehead atoms. The van der Waals surface area contributed by atoms with E-state index in [0.717, 1.165) is 0 Å². The number of nitrogen functional groups attached to an aromatic ring is 1. The molecule has 1 saturated heterocycles. The SMILES string of the molecule is Nc1cc2ncc(CNc3ccc(C(=O)N[C@@H](CCC(=O)C[C@@H]4C(O)C(O)OC(C(=O)NCC(=O)N[C@@H](CS)C(=O)O)[C@H]4O)C(=O)O)cc3)nc2c(=O)[nH]1. The van der Waals surface area contributed by atoms with E-state index in [0.29, 0.717) is 16.9 Å². The average Bonchev–Trinajstić information content (AvgIpc) is 3.13. The number of pyridine rings is 1. The molecule has 290 valence electrons. The fourth-order valence-electron chi connectivity index (χ4n) is 5.37. The van der Waals surface area contributed by atoms with Crippen molar-refractivity contribution in [3.8, 4) is 0 Å². The third kappa shape index (κ3) is 10.7. The van der Waals surface area contributed by atoms with Gasteiger partial charge in [-0.3, -0.25) is 29.0 Å². The highest BCUT2D eigenvalue weighted by Gasteiger charge is 2.47. The van der Waals surface area contributed by atoms with E-state index in [9.17, 15) is 54.0 Å². The number of aliphatic carboxylic acids is 2. The van der Waals surface area contributed by atoms with Gasteiger partial charge in [0.25, 0.3) is 17.4 Å². The van der Waals surface area contributed by atoms with E-state index in [1.54, 1.807) is 12.1 Å². The molecule has 22 heteroatoms. The summed E-state index contributed by atoms with van der Waals surface area (Å²) >= 11 is 3.81. The Balaban J connectivity index is 1.28. The van der Waals surface area contributed by atoms with E-state index in [1.165, 1.54) is 24.4 Å². The second kappa shape index (κ2) is 18.4. The number of Topliss-reactive ketones (excluding diaryl/α,β-unsaturated/α-hetero) is 1. The van der Waals surface area contributed by atoms with Gasteiger partial charge in [-0.05, 0) is 30.7 Å². The summed E-state index contributed by atoms with van der Waals surface area (Å²) in [5.41, 5.74) is 6.68. The van der Waals surface area contributed by atoms with Gasteiger partial charge in [0.05, 0.1) is 36.6 Å². The summed E-state index contributed by atoms with van der Waals surface area (Å²) in [6.45, 7) is -0.564. The number of ether oxygens (including phenoxy) is 1. The second-order valence-corrected chi connectivity index (χ2v) is 12.5. The van der Waals surface area contributed by atoms with Gasteiger partial charge in [0.2, 0.25) is 5.91 Å². The molecule has 0 saturated carbocycles. The number of aromatic nitrogens is 3. The van der Waals surface area contributed by atoms with Crippen LogP contribution in [-0.4, -0.2) is 125 Å². The van der Waals surface area contributed by atoms with E-state index < -0.39 is 103 Å². The summed E-state index contributed by atoms with van der Waals surface area (Å²) in [4.78, 5) is 96.5. The number of hydrogen-bond donors (Lipinski definition) is 12. The predicted octanol–water partition coefficient (Wildman–Crippen LogP) is -2.89. The van der Waals surface area contributed by atoms with Gasteiger partial charge in [-0.15, -0.1) is 0 Å². The number of aliphatic hydroxyl groups excluding tert-OH is 3. The molecule has 7 atom stereocenters. The third-order valence-electron chi connectivity index (χ3n) is 8.28. The number of carboxylic acid groups (broad SMARTS) is 2. The number of H-pyrrole nitrogens is 1. The lowest BCUT2D eigenvalue weighted by molar-refractivity contribution is -0.262. The van der Waals surface area contributed by atoms with Crippen LogP contribution in [0, 0.1) is 5.92 Å². The molecule has 0 spiro atoms. The molecule has 54 heavy (non-hydrogen) atoms. The molecule has 2 aromatic heterocycles. The van der Waals surface area contributed by atoms with Crippen molar-refractivity contribution in [3.05, 3.63) is 58.1 Å². The highest BCUT2D eigenvalue weighted by molar-refractivity contribution is 7.80. The molecule has 1 aliphatic rings. The van der Waals surface area contributed by atoms with Crippen LogP contribution in [-0.2, 0) is 35.3 Å². The predicted molar refractivity (Wildman–Crippen MR) is 189 cm³/mol. The van der Waals surface area contributed by atoms with Crippen LogP contribution in [0.3, 0.4) is 0 Å². The zero-order chi connectivity index (χ0) is 39.7. The minimum absolute atomic E-state index is 0.0976. The Morgan fingerprint density at radius 2 is 1.67 bits per heavy atom. The first-order valence-corrected chi connectivity index (χ1v) is 16.8. The number of aliphatic hydroxyl groups is 3. The number of fused-ring (bicyclic) bond motifs is 1. The maximum absolute atomic E-state index is 12.9. The van der Waals surface area contributed by atoms with E-state index >= 15 is 0 Å². The summed E-state index contributed by atoms with van der Waals surface area (Å²) in [6.07, 6.45) is -7.56. The van der Waals surface area contributed by atoms with Gasteiger partial charge in [0.1, 0.15) is 29.8 Å². The summed E-state index contributed by atoms with van der Waals surface area (Å²) in [7, 11) is 0. The topological polar surface area (TPSA) is 346 Å². The lowest BCUT2D eigenvalue weighted by Crippen LogP contribution is -2.59. The van der Waals surface area contributed by atoms with Crippen molar-refractivity contribution in [2.45, 2.75) is 62.5 Å². The third-order valence-corrected chi connectivity index (χ3v) is 8.64. The van der Waals surface area contributed by atoms with Crippen LogP contribution >= 0.6 is 12.6 Å². The van der Waals surface area contributed by atoms with Gasteiger partial charge in [-0.25, -0.2) is 14.6 Å². The van der Waals surface area contributed by atoms with Crippen molar-refractivity contribution >= 4 is 70.6 Å². The van der Waals surface area contributed by atoms with Crippen molar-refractivity contribution < 1.29 is 59.0 Å². The van der Waals surface area contributed by atoms with E-state index in [-0.39, 0.29) is 35.6 Å². The molecular formula is C32H38N8O13S. The second-order valence-electron chi connectivity index (χ2n) is 12.2. The number of amides is 3. The minimum atomic E-state index is -2.03. The van der Waals surface area contributed by atoms with Crippen LogP contribution in [0.15, 0.2) is 41.3 Å². The number of nitrogens with one attached hydrogen (secondary N) is 5. The van der Waals surface area contributed by atoms with Gasteiger partial charge in [0, 0.05) is 41.8 Å². The Bertz CT molecular complexity index is 1950. The first kappa shape index (κ1) is 41.1. The number of nitrogens with zero attached hydrogens (tertiary/aromatic N) is 2. The monoisotopic (exact) mass is 774 g/mol. The maximum Gasteiger partial charge on any atom is 0.327 e. The number of ketones is 1. The number of carboxylic acids is 2. The Labute approximate surface area is 310 Å². The number of nitrogens with two attached hydrogens (primary N) is 1. The molecule has 21 nitrogen and oxygen atoms in total. The molecule has 1 fully saturated rings. The Kier molecular flexibility index (Phi) is 14.0. The largest absolute Gasteiger partial charge is 0.480 e. The molecule has 3 aromatic rings. The molecule has 3 unspecified atom stereocenters. The van der Waals surface area contributed by atoms with Gasteiger partial charge in [0.15, 0.2) is 17.9 Å². The molecule has 4 rings (SSSR count). The zero-order valence-corrected chi connectivity index (χ0v) is 29.1. The van der Waals surface area contributed by atoms with E-state index in [1.807, 2.05) is 0 Å². The Hall–Kier alpha value is -5.68. The molecular weight excluding hydrogens is 736 g/mol. The normalized spacial score (nSPS) is 20.6. The molecule has 3 heterocycles. The van der Waals surface area contributed by atoms with Crippen molar-refractivity contribution in [3.63, 3.8) is 0 Å². The minimum Gasteiger partial charge on any atom is -0.480 e. The fourth-order valence-corrected chi connectivity index (χ4v) is 5.62. The highest BCUT2D eigenvalue weighted by Crippen LogP contribution is 2.29.